The first-order valence-corrected chi connectivity index (χ1v) is 6.32. The summed E-state index contributed by atoms with van der Waals surface area (Å²) in [7, 11) is 1.65. The van der Waals surface area contributed by atoms with Gasteiger partial charge in [-0.3, -0.25) is 4.98 Å². The highest BCUT2D eigenvalue weighted by atomic mass is 16.5. The van der Waals surface area contributed by atoms with Crippen molar-refractivity contribution in [3.8, 4) is 5.75 Å². The van der Waals surface area contributed by atoms with Crippen LogP contribution in [0.5, 0.6) is 5.75 Å². The summed E-state index contributed by atoms with van der Waals surface area (Å²) >= 11 is 0. The van der Waals surface area contributed by atoms with Crippen LogP contribution in [0.4, 0.5) is 17.1 Å². The summed E-state index contributed by atoms with van der Waals surface area (Å²) < 4.78 is 5.23. The first-order valence-electron chi connectivity index (χ1n) is 6.32. The van der Waals surface area contributed by atoms with Crippen molar-refractivity contribution in [3.63, 3.8) is 0 Å². The molecule has 0 atom stereocenters. The molecule has 3 aromatic rings. The third-order valence-electron chi connectivity index (χ3n) is 3.15. The average molecular weight is 265 g/mol. The highest BCUT2D eigenvalue weighted by Crippen LogP contribution is 2.28. The molecule has 0 unspecified atom stereocenters. The second-order valence-electron chi connectivity index (χ2n) is 4.46. The number of rotatable bonds is 3. The Morgan fingerprint density at radius 1 is 1.10 bits per heavy atom. The van der Waals surface area contributed by atoms with Gasteiger partial charge < -0.3 is 15.8 Å². The van der Waals surface area contributed by atoms with E-state index in [1.807, 2.05) is 48.5 Å². The van der Waals surface area contributed by atoms with Crippen LogP contribution in [0.1, 0.15) is 0 Å². The summed E-state index contributed by atoms with van der Waals surface area (Å²) in [5.41, 5.74) is 9.36. The second-order valence-corrected chi connectivity index (χ2v) is 4.46. The quantitative estimate of drug-likeness (QED) is 0.711. The third-order valence-corrected chi connectivity index (χ3v) is 3.15. The molecule has 20 heavy (non-hydrogen) atoms. The maximum absolute atomic E-state index is 5.95. The molecule has 0 aliphatic heterocycles. The van der Waals surface area contributed by atoms with Gasteiger partial charge in [0.25, 0.3) is 0 Å². The highest BCUT2D eigenvalue weighted by molar-refractivity contribution is 5.98. The fourth-order valence-corrected chi connectivity index (χ4v) is 2.16. The number of para-hydroxylation sites is 1. The fraction of sp³-hybridized carbons (Fsp3) is 0.0625. The van der Waals surface area contributed by atoms with E-state index in [1.165, 1.54) is 0 Å². The summed E-state index contributed by atoms with van der Waals surface area (Å²) in [5, 5.41) is 4.37. The molecule has 2 aromatic carbocycles. The highest BCUT2D eigenvalue weighted by Gasteiger charge is 2.05. The van der Waals surface area contributed by atoms with Crippen molar-refractivity contribution in [3.05, 3.63) is 54.7 Å². The molecule has 3 N–H and O–H groups in total. The molecule has 0 aliphatic rings. The van der Waals surface area contributed by atoms with Crippen LogP contribution in [0.2, 0.25) is 0 Å². The van der Waals surface area contributed by atoms with E-state index in [0.717, 1.165) is 28.0 Å². The number of ether oxygens (including phenoxy) is 1. The first kappa shape index (κ1) is 12.3. The number of methoxy groups -OCH3 is 1. The van der Waals surface area contributed by atoms with Crippen molar-refractivity contribution in [2.45, 2.75) is 0 Å². The number of fused-ring (bicyclic) bond motifs is 1. The van der Waals surface area contributed by atoms with Crippen LogP contribution in [-0.4, -0.2) is 12.1 Å². The van der Waals surface area contributed by atoms with Crippen LogP contribution in [0.25, 0.3) is 10.9 Å². The number of hydrogen-bond donors (Lipinski definition) is 2. The molecule has 0 bridgehead atoms. The molecule has 0 spiro atoms. The largest absolute Gasteiger partial charge is 0.497 e. The SMILES string of the molecule is COc1cccc(Nc2ccnc3c(N)cccc23)c1. The maximum atomic E-state index is 5.95. The lowest BCUT2D eigenvalue weighted by Crippen LogP contribution is -1.95. The van der Waals surface area contributed by atoms with Crippen LogP contribution in [0.3, 0.4) is 0 Å². The maximum Gasteiger partial charge on any atom is 0.120 e. The zero-order valence-corrected chi connectivity index (χ0v) is 11.1. The summed E-state index contributed by atoms with van der Waals surface area (Å²) in [6, 6.07) is 15.5. The zero-order chi connectivity index (χ0) is 13.9. The summed E-state index contributed by atoms with van der Waals surface area (Å²) in [4.78, 5) is 4.33. The van der Waals surface area contributed by atoms with Gasteiger partial charge in [-0.2, -0.15) is 0 Å². The Labute approximate surface area is 117 Å². The number of nitrogens with one attached hydrogen (secondary N) is 1. The molecule has 0 fully saturated rings. The Kier molecular flexibility index (Phi) is 3.13. The minimum atomic E-state index is 0.678. The van der Waals surface area contributed by atoms with Gasteiger partial charge in [-0.15, -0.1) is 0 Å². The average Bonchev–Trinajstić information content (AvgIpc) is 2.49. The lowest BCUT2D eigenvalue weighted by molar-refractivity contribution is 0.415. The standard InChI is InChI=1S/C16H15N3O/c1-20-12-5-2-4-11(10-12)19-15-8-9-18-16-13(15)6-3-7-14(16)17/h2-10H,17H2,1H3,(H,18,19). The van der Waals surface area contributed by atoms with Crippen molar-refractivity contribution in [1.29, 1.82) is 0 Å². The number of nitrogens with two attached hydrogens (primary N) is 1. The monoisotopic (exact) mass is 265 g/mol. The van der Waals surface area contributed by atoms with Crippen molar-refractivity contribution in [1.82, 2.24) is 4.98 Å². The van der Waals surface area contributed by atoms with Gasteiger partial charge in [-0.1, -0.05) is 18.2 Å². The predicted molar refractivity (Wildman–Crippen MR) is 82.4 cm³/mol. The zero-order valence-electron chi connectivity index (χ0n) is 11.1. The van der Waals surface area contributed by atoms with Crippen LogP contribution in [0, 0.1) is 0 Å². The minimum absolute atomic E-state index is 0.678. The smallest absolute Gasteiger partial charge is 0.120 e. The Bertz CT molecular complexity index is 756. The first-order chi connectivity index (χ1) is 9.78. The van der Waals surface area contributed by atoms with E-state index in [2.05, 4.69) is 10.3 Å². The molecule has 1 aromatic heterocycles. The molecule has 0 aliphatic carbocycles. The van der Waals surface area contributed by atoms with E-state index in [-0.39, 0.29) is 0 Å². The van der Waals surface area contributed by atoms with Gasteiger partial charge in [0.05, 0.1) is 18.3 Å². The summed E-state index contributed by atoms with van der Waals surface area (Å²) in [6.45, 7) is 0. The van der Waals surface area contributed by atoms with Gasteiger partial charge in [-0.25, -0.2) is 0 Å². The number of hydrogen-bond acceptors (Lipinski definition) is 4. The van der Waals surface area contributed by atoms with Gasteiger partial charge in [-0.05, 0) is 24.3 Å². The number of aromatic nitrogens is 1. The molecule has 4 heteroatoms. The van der Waals surface area contributed by atoms with Gasteiger partial charge in [0.1, 0.15) is 5.75 Å². The molecule has 4 nitrogen and oxygen atoms in total. The number of nitrogen functional groups attached to an aromatic ring is 1. The second kappa shape index (κ2) is 5.09. The lowest BCUT2D eigenvalue weighted by atomic mass is 10.1. The van der Waals surface area contributed by atoms with E-state index in [0.29, 0.717) is 5.69 Å². The number of benzene rings is 2. The van der Waals surface area contributed by atoms with Crippen LogP contribution < -0.4 is 15.8 Å². The van der Waals surface area contributed by atoms with Crippen molar-refractivity contribution < 1.29 is 4.74 Å². The van der Waals surface area contributed by atoms with Crippen LogP contribution >= 0.6 is 0 Å². The van der Waals surface area contributed by atoms with Crippen molar-refractivity contribution >= 4 is 28.0 Å². The van der Waals surface area contributed by atoms with Crippen LogP contribution in [-0.2, 0) is 0 Å². The molecule has 0 saturated heterocycles. The molecular weight excluding hydrogens is 250 g/mol. The molecule has 100 valence electrons. The molecule has 0 saturated carbocycles. The van der Waals surface area contributed by atoms with E-state index in [1.54, 1.807) is 13.3 Å². The topological polar surface area (TPSA) is 60.2 Å². The van der Waals surface area contributed by atoms with Crippen molar-refractivity contribution in [2.24, 2.45) is 0 Å². The fourth-order valence-electron chi connectivity index (χ4n) is 2.16. The molecule has 0 radical (unpaired) electrons. The van der Waals surface area contributed by atoms with E-state index >= 15 is 0 Å². The van der Waals surface area contributed by atoms with Gasteiger partial charge >= 0.3 is 0 Å². The lowest BCUT2D eigenvalue weighted by Gasteiger charge is -2.11. The van der Waals surface area contributed by atoms with E-state index in [4.69, 9.17) is 10.5 Å². The Balaban J connectivity index is 2.04. The molecular formula is C16H15N3O. The van der Waals surface area contributed by atoms with E-state index in [9.17, 15) is 0 Å². The van der Waals surface area contributed by atoms with Crippen LogP contribution in [0.15, 0.2) is 54.7 Å². The summed E-state index contributed by atoms with van der Waals surface area (Å²) in [5.74, 6) is 0.813. The minimum Gasteiger partial charge on any atom is -0.497 e. The van der Waals surface area contributed by atoms with Gasteiger partial charge in [0, 0.05) is 29.0 Å². The molecule has 1 heterocycles. The normalized spacial score (nSPS) is 10.4. The number of anilines is 3. The van der Waals surface area contributed by atoms with Gasteiger partial charge in [0.15, 0.2) is 0 Å². The van der Waals surface area contributed by atoms with E-state index < -0.39 is 0 Å². The Hall–Kier alpha value is -2.75. The van der Waals surface area contributed by atoms with Crippen molar-refractivity contribution in [2.75, 3.05) is 18.2 Å². The third kappa shape index (κ3) is 2.23. The molecule has 0 amide bonds. The molecule has 3 rings (SSSR count). The van der Waals surface area contributed by atoms with Gasteiger partial charge in [0.2, 0.25) is 0 Å². The Morgan fingerprint density at radius 3 is 2.80 bits per heavy atom. The Morgan fingerprint density at radius 2 is 1.95 bits per heavy atom. The number of nitrogens with zero attached hydrogens (tertiary/aromatic N) is 1. The summed E-state index contributed by atoms with van der Waals surface area (Å²) in [6.07, 6.45) is 1.75. The predicted octanol–water partition coefficient (Wildman–Crippen LogP) is 3.57. The number of pyridine rings is 1.